The molecule has 0 saturated carbocycles. The van der Waals surface area contributed by atoms with Crippen molar-refractivity contribution in [2.24, 2.45) is 0 Å². The standard InChI is InChI=1S/C34H28Br3N2/c1-38(2)32-18-5-24(6-19-32)7-20-33-21-28(26-8-14-30(36)15-9-26)22-34(27-10-16-31(37)17-11-27)39(33)23-25-3-12-29(35)13-4-25/h3-22H,23H2,1-2H3/q+1. The molecule has 0 aliphatic heterocycles. The predicted octanol–water partition coefficient (Wildman–Crippen LogP) is 9.88. The number of anilines is 1. The van der Waals surface area contributed by atoms with Crippen LogP contribution in [0.1, 0.15) is 16.8 Å². The molecule has 5 rings (SSSR count). The van der Waals surface area contributed by atoms with E-state index >= 15 is 0 Å². The second-order valence-corrected chi connectivity index (χ2v) is 12.3. The van der Waals surface area contributed by atoms with Crippen LogP contribution in [-0.2, 0) is 6.54 Å². The number of halogens is 3. The average molecular weight is 704 g/mol. The van der Waals surface area contributed by atoms with Gasteiger partial charge in [-0.2, -0.15) is 4.57 Å². The lowest BCUT2D eigenvalue weighted by molar-refractivity contribution is -0.679. The van der Waals surface area contributed by atoms with Crippen LogP contribution in [0.2, 0.25) is 0 Å². The third-order valence-corrected chi connectivity index (χ3v) is 8.21. The number of hydrogen-bond donors (Lipinski definition) is 0. The molecular formula is C34H28Br3N2+. The van der Waals surface area contributed by atoms with Crippen molar-refractivity contribution in [1.82, 2.24) is 0 Å². The summed E-state index contributed by atoms with van der Waals surface area (Å²) >= 11 is 10.8. The minimum absolute atomic E-state index is 0.749. The summed E-state index contributed by atoms with van der Waals surface area (Å²) in [5.41, 5.74) is 9.40. The van der Waals surface area contributed by atoms with E-state index in [4.69, 9.17) is 0 Å². The summed E-state index contributed by atoms with van der Waals surface area (Å²) < 4.78 is 5.62. The van der Waals surface area contributed by atoms with Crippen LogP contribution in [0.5, 0.6) is 0 Å². The molecule has 0 radical (unpaired) electrons. The molecular weight excluding hydrogens is 676 g/mol. The number of pyridine rings is 1. The van der Waals surface area contributed by atoms with Gasteiger partial charge in [0.1, 0.15) is 0 Å². The van der Waals surface area contributed by atoms with Gasteiger partial charge in [0.25, 0.3) is 0 Å². The summed E-state index contributed by atoms with van der Waals surface area (Å²) in [6.45, 7) is 0.749. The largest absolute Gasteiger partial charge is 0.378 e. The average Bonchev–Trinajstić information content (AvgIpc) is 2.94. The van der Waals surface area contributed by atoms with Crippen molar-refractivity contribution >= 4 is 65.6 Å². The Labute approximate surface area is 256 Å². The zero-order chi connectivity index (χ0) is 27.4. The molecule has 4 aromatic carbocycles. The Morgan fingerprint density at radius 3 is 1.69 bits per heavy atom. The van der Waals surface area contributed by atoms with Crippen molar-refractivity contribution in [1.29, 1.82) is 0 Å². The van der Waals surface area contributed by atoms with Gasteiger partial charge in [0, 0.05) is 62.5 Å². The quantitative estimate of drug-likeness (QED) is 0.153. The van der Waals surface area contributed by atoms with Crippen molar-refractivity contribution in [2.75, 3.05) is 19.0 Å². The van der Waals surface area contributed by atoms with E-state index in [1.54, 1.807) is 0 Å². The molecule has 5 aromatic rings. The number of aromatic nitrogens is 1. The number of rotatable bonds is 7. The SMILES string of the molecule is CN(C)c1ccc(/C=C/c2cc(-c3ccc(Br)cc3)cc(-c3ccc(Br)cc3)[n+]2Cc2ccc(Br)cc2)cc1. The minimum atomic E-state index is 0.749. The zero-order valence-electron chi connectivity index (χ0n) is 21.8. The lowest BCUT2D eigenvalue weighted by atomic mass is 10.0. The fourth-order valence-electron chi connectivity index (χ4n) is 4.46. The summed E-state index contributed by atoms with van der Waals surface area (Å²) in [5, 5.41) is 0. The summed E-state index contributed by atoms with van der Waals surface area (Å²) in [5.74, 6) is 0. The van der Waals surface area contributed by atoms with Gasteiger partial charge >= 0.3 is 0 Å². The third kappa shape index (κ3) is 6.96. The monoisotopic (exact) mass is 701 g/mol. The first-order valence-corrected chi connectivity index (χ1v) is 15.0. The van der Waals surface area contributed by atoms with Gasteiger partial charge in [0.2, 0.25) is 11.4 Å². The predicted molar refractivity (Wildman–Crippen MR) is 176 cm³/mol. The Balaban J connectivity index is 1.68. The molecule has 0 fully saturated rings. The maximum absolute atomic E-state index is 3.60. The lowest BCUT2D eigenvalue weighted by Crippen LogP contribution is -2.40. The second kappa shape index (κ2) is 12.5. The normalized spacial score (nSPS) is 11.2. The van der Waals surface area contributed by atoms with Crippen LogP contribution in [0.4, 0.5) is 5.69 Å². The fourth-order valence-corrected chi connectivity index (χ4v) is 5.26. The molecule has 39 heavy (non-hydrogen) atoms. The highest BCUT2D eigenvalue weighted by Gasteiger charge is 2.21. The van der Waals surface area contributed by atoms with Gasteiger partial charge < -0.3 is 4.90 Å². The van der Waals surface area contributed by atoms with Crippen LogP contribution in [-0.4, -0.2) is 14.1 Å². The topological polar surface area (TPSA) is 7.12 Å². The Morgan fingerprint density at radius 1 is 0.590 bits per heavy atom. The number of nitrogens with zero attached hydrogens (tertiary/aromatic N) is 2. The van der Waals surface area contributed by atoms with Crippen molar-refractivity contribution in [3.63, 3.8) is 0 Å². The molecule has 0 aliphatic rings. The summed E-state index contributed by atoms with van der Waals surface area (Å²) in [6.07, 6.45) is 4.43. The van der Waals surface area contributed by atoms with E-state index in [1.807, 2.05) is 0 Å². The van der Waals surface area contributed by atoms with Gasteiger partial charge in [-0.25, -0.2) is 0 Å². The maximum Gasteiger partial charge on any atom is 0.213 e. The smallest absolute Gasteiger partial charge is 0.213 e. The van der Waals surface area contributed by atoms with Gasteiger partial charge in [-0.1, -0.05) is 84.2 Å². The number of benzene rings is 4. The second-order valence-electron chi connectivity index (χ2n) is 9.60. The first-order chi connectivity index (χ1) is 18.9. The zero-order valence-corrected chi connectivity index (χ0v) is 26.5. The van der Waals surface area contributed by atoms with Crippen LogP contribution in [0.25, 0.3) is 34.5 Å². The summed E-state index contributed by atoms with van der Waals surface area (Å²) in [4.78, 5) is 2.12. The molecule has 1 heterocycles. The highest BCUT2D eigenvalue weighted by atomic mass is 79.9. The molecule has 0 atom stereocenters. The molecule has 0 bridgehead atoms. The van der Waals surface area contributed by atoms with Gasteiger partial charge in [0.15, 0.2) is 6.54 Å². The van der Waals surface area contributed by atoms with E-state index in [2.05, 4.69) is 193 Å². The summed E-state index contributed by atoms with van der Waals surface area (Å²) in [7, 11) is 4.13. The van der Waals surface area contributed by atoms with Gasteiger partial charge in [0.05, 0.1) is 0 Å². The molecule has 194 valence electrons. The molecule has 0 aliphatic carbocycles. The van der Waals surface area contributed by atoms with Crippen LogP contribution >= 0.6 is 47.8 Å². The van der Waals surface area contributed by atoms with E-state index in [9.17, 15) is 0 Å². The molecule has 0 N–H and O–H groups in total. The van der Waals surface area contributed by atoms with E-state index < -0.39 is 0 Å². The first kappa shape index (κ1) is 27.6. The van der Waals surface area contributed by atoms with E-state index in [1.165, 1.54) is 27.9 Å². The van der Waals surface area contributed by atoms with E-state index in [0.29, 0.717) is 0 Å². The van der Waals surface area contributed by atoms with Crippen LogP contribution < -0.4 is 9.47 Å². The first-order valence-electron chi connectivity index (χ1n) is 12.7. The Bertz CT molecular complexity index is 1590. The van der Waals surface area contributed by atoms with Crippen LogP contribution in [0.3, 0.4) is 0 Å². The van der Waals surface area contributed by atoms with Crippen molar-refractivity contribution in [3.8, 4) is 22.4 Å². The Morgan fingerprint density at radius 2 is 1.13 bits per heavy atom. The van der Waals surface area contributed by atoms with Crippen LogP contribution in [0.15, 0.2) is 123 Å². The molecule has 0 saturated heterocycles. The minimum Gasteiger partial charge on any atom is -0.378 e. The Hall–Kier alpha value is -2.99. The highest BCUT2D eigenvalue weighted by Crippen LogP contribution is 2.28. The maximum atomic E-state index is 3.60. The number of hydrogen-bond acceptors (Lipinski definition) is 1. The summed E-state index contributed by atoms with van der Waals surface area (Å²) in [6, 6.07) is 38.9. The molecule has 1 aromatic heterocycles. The van der Waals surface area contributed by atoms with Gasteiger partial charge in [-0.05, 0) is 83.4 Å². The third-order valence-electron chi connectivity index (χ3n) is 6.63. The van der Waals surface area contributed by atoms with Gasteiger partial charge in [-0.15, -0.1) is 0 Å². The Kier molecular flexibility index (Phi) is 8.81. The van der Waals surface area contributed by atoms with Crippen molar-refractivity contribution < 1.29 is 4.57 Å². The fraction of sp³-hybridized carbons (Fsp3) is 0.0882. The van der Waals surface area contributed by atoms with Crippen LogP contribution in [0, 0.1) is 0 Å². The molecule has 0 spiro atoms. The van der Waals surface area contributed by atoms with Crippen molar-refractivity contribution in [2.45, 2.75) is 6.54 Å². The molecule has 0 unspecified atom stereocenters. The molecule has 5 heteroatoms. The molecule has 0 amide bonds. The molecule has 2 nitrogen and oxygen atoms in total. The lowest BCUT2D eigenvalue weighted by Gasteiger charge is -2.12. The van der Waals surface area contributed by atoms with Crippen molar-refractivity contribution in [3.05, 3.63) is 139 Å². The highest BCUT2D eigenvalue weighted by molar-refractivity contribution is 9.11. The van der Waals surface area contributed by atoms with E-state index in [0.717, 1.165) is 36.9 Å². The van der Waals surface area contributed by atoms with E-state index in [-0.39, 0.29) is 0 Å². The van der Waals surface area contributed by atoms with Gasteiger partial charge in [-0.3, -0.25) is 0 Å².